The lowest BCUT2D eigenvalue weighted by Gasteiger charge is -2.61. The summed E-state index contributed by atoms with van der Waals surface area (Å²) in [5.41, 5.74) is -3.61. The molecule has 4 fully saturated rings. The van der Waals surface area contributed by atoms with E-state index in [1.54, 1.807) is 46.6 Å². The van der Waals surface area contributed by atoms with Gasteiger partial charge in [0, 0.05) is 76.9 Å². The Kier molecular flexibility index (Phi) is 11.2. The van der Waals surface area contributed by atoms with Crippen LogP contribution in [0.15, 0.2) is 18.2 Å². The molecule has 12 heteroatoms. The van der Waals surface area contributed by atoms with Gasteiger partial charge >= 0.3 is 11.9 Å². The number of carbonyl (C=O) groups excluding carboxylic acids is 2. The lowest BCUT2D eigenvalue weighted by atomic mass is 9.48. The quantitative estimate of drug-likeness (QED) is 0.298. The van der Waals surface area contributed by atoms with Gasteiger partial charge in [-0.05, 0) is 57.0 Å². The van der Waals surface area contributed by atoms with E-state index in [-0.39, 0.29) is 41.8 Å². The number of hydrogen-bond acceptors (Lipinski definition) is 12. The first-order valence-electron chi connectivity index (χ1n) is 17.8. The van der Waals surface area contributed by atoms with E-state index < -0.39 is 58.7 Å². The van der Waals surface area contributed by atoms with Gasteiger partial charge in [-0.15, -0.1) is 0 Å². The maximum atomic E-state index is 14.1. The number of fused-ring (bicyclic) bond motifs is 3. The molecule has 12 atom stereocenters. The number of esters is 2. The van der Waals surface area contributed by atoms with Crippen LogP contribution in [-0.2, 0) is 33.2 Å². The van der Waals surface area contributed by atoms with Crippen molar-refractivity contribution in [2.75, 3.05) is 69.4 Å². The third-order valence-corrected chi connectivity index (χ3v) is 13.3. The summed E-state index contributed by atoms with van der Waals surface area (Å²) in [6.45, 7) is 9.95. The number of carbonyl (C=O) groups is 2. The Bertz CT molecular complexity index is 1390. The molecule has 0 spiro atoms. The van der Waals surface area contributed by atoms with Crippen LogP contribution in [0.2, 0.25) is 0 Å². The average molecular weight is 706 g/mol. The van der Waals surface area contributed by atoms with Gasteiger partial charge in [0.25, 0.3) is 0 Å². The first kappa shape index (κ1) is 38.7. The van der Waals surface area contributed by atoms with E-state index in [1.165, 1.54) is 21.1 Å². The maximum absolute atomic E-state index is 14.1. The van der Waals surface area contributed by atoms with Gasteiger partial charge in [-0.3, -0.25) is 4.79 Å². The van der Waals surface area contributed by atoms with Crippen LogP contribution in [0.3, 0.4) is 0 Å². The molecule has 0 unspecified atom stereocenters. The second-order valence-electron chi connectivity index (χ2n) is 15.4. The molecule has 0 radical (unpaired) electrons. The van der Waals surface area contributed by atoms with Crippen molar-refractivity contribution in [2.45, 2.75) is 89.0 Å². The minimum Gasteiger partial charge on any atom is -0.493 e. The van der Waals surface area contributed by atoms with E-state index in [2.05, 4.69) is 32.7 Å². The van der Waals surface area contributed by atoms with Crippen LogP contribution in [-0.4, -0.2) is 127 Å². The van der Waals surface area contributed by atoms with E-state index >= 15 is 0 Å². The van der Waals surface area contributed by atoms with Crippen molar-refractivity contribution in [3.8, 4) is 11.5 Å². The minimum atomic E-state index is -1.59. The van der Waals surface area contributed by atoms with Crippen LogP contribution in [0.1, 0.15) is 63.7 Å². The number of rotatable bonds is 13. The van der Waals surface area contributed by atoms with Gasteiger partial charge < -0.3 is 47.9 Å². The van der Waals surface area contributed by atoms with E-state index in [9.17, 15) is 14.7 Å². The fourth-order valence-corrected chi connectivity index (χ4v) is 11.3. The van der Waals surface area contributed by atoms with E-state index in [0.717, 1.165) is 25.9 Å². The Morgan fingerprint density at radius 3 is 2.22 bits per heavy atom. The van der Waals surface area contributed by atoms with Crippen LogP contribution >= 0.6 is 0 Å². The molecule has 50 heavy (non-hydrogen) atoms. The molecule has 5 rings (SSSR count). The Morgan fingerprint density at radius 1 is 0.980 bits per heavy atom. The van der Waals surface area contributed by atoms with Crippen molar-refractivity contribution in [3.63, 3.8) is 0 Å². The van der Waals surface area contributed by atoms with Crippen molar-refractivity contribution >= 4 is 11.9 Å². The number of methoxy groups -OCH3 is 6. The van der Waals surface area contributed by atoms with Crippen molar-refractivity contribution < 1.29 is 52.6 Å². The summed E-state index contributed by atoms with van der Waals surface area (Å²) < 4.78 is 49.1. The Hall–Kier alpha value is -2.48. The van der Waals surface area contributed by atoms with E-state index in [4.69, 9.17) is 37.9 Å². The molecule has 0 aromatic heterocycles. The minimum absolute atomic E-state index is 0.156. The standard InChI is InChI=1S/C38H59NO11/c1-12-39(5)20-36(21-43-6)16-15-28(46-9)35(4)25-18-37(42)29(47-10)19-38(50-23(3)40,22(2)31(48-11)32(35)36)30(25)33(37)49-34(41)24-13-14-26(44-7)27(17-24)45-8/h13-14,17,22,25,28-33,42H,12,15-16,18-21H2,1-11H3/t22-,25-,28+,29+,30-,31+,32+,33-,35-,36+,37+,38+/m1/s1. The number of aliphatic hydroxyl groups is 1. The summed E-state index contributed by atoms with van der Waals surface area (Å²) >= 11 is 0. The lowest BCUT2D eigenvalue weighted by molar-refractivity contribution is -0.252. The fourth-order valence-electron chi connectivity index (χ4n) is 11.3. The molecule has 12 nitrogen and oxygen atoms in total. The zero-order valence-corrected chi connectivity index (χ0v) is 31.8. The summed E-state index contributed by atoms with van der Waals surface area (Å²) in [6.07, 6.45) is -0.530. The zero-order chi connectivity index (χ0) is 36.8. The van der Waals surface area contributed by atoms with E-state index in [1.807, 2.05) is 0 Å². The molecule has 1 N–H and O–H groups in total. The Labute approximate surface area is 297 Å². The normalized spacial score (nSPS) is 40.5. The van der Waals surface area contributed by atoms with Gasteiger partial charge in [-0.2, -0.15) is 0 Å². The van der Waals surface area contributed by atoms with Crippen molar-refractivity contribution in [2.24, 2.45) is 34.5 Å². The number of ether oxygens (including phenoxy) is 8. The monoisotopic (exact) mass is 705 g/mol. The Balaban J connectivity index is 1.76. The SMILES string of the molecule is CCN(C)C[C@]1(COC)CC[C@H](OC)[C@@]2(C)[C@@H]3C[C@]4(O)[C@@H](OC)C[C@@](OC(C)=O)([C@H]3[C@H]4OC(=O)c3ccc(OC)c(OC)c3)[C@H](C)[C@H](OC)[C@H]12. The zero-order valence-electron chi connectivity index (χ0n) is 31.8. The van der Waals surface area contributed by atoms with Gasteiger partial charge in [0.15, 0.2) is 11.5 Å². The highest BCUT2D eigenvalue weighted by atomic mass is 16.6. The summed E-state index contributed by atoms with van der Waals surface area (Å²) in [4.78, 5) is 29.7. The number of benzene rings is 1. The van der Waals surface area contributed by atoms with Crippen LogP contribution in [0, 0.1) is 34.5 Å². The lowest BCUT2D eigenvalue weighted by Crippen LogP contribution is -2.68. The maximum Gasteiger partial charge on any atom is 0.338 e. The summed E-state index contributed by atoms with van der Waals surface area (Å²) in [5.74, 6) is -1.78. The van der Waals surface area contributed by atoms with Gasteiger partial charge in [-0.25, -0.2) is 4.79 Å². The molecular formula is C38H59NO11. The molecule has 4 aliphatic rings. The number of nitrogens with zero attached hydrogens (tertiary/aromatic N) is 1. The van der Waals surface area contributed by atoms with Gasteiger partial charge in [-0.1, -0.05) is 20.8 Å². The summed E-state index contributed by atoms with van der Waals surface area (Å²) in [5, 5.41) is 12.9. The third kappa shape index (κ3) is 5.82. The second-order valence-corrected chi connectivity index (χ2v) is 15.4. The summed E-state index contributed by atoms with van der Waals surface area (Å²) in [6, 6.07) is 4.81. The Morgan fingerprint density at radius 2 is 1.66 bits per heavy atom. The van der Waals surface area contributed by atoms with Crippen LogP contribution in [0.5, 0.6) is 11.5 Å². The first-order valence-corrected chi connectivity index (χ1v) is 17.8. The average Bonchev–Trinajstić information content (AvgIpc) is 3.31. The van der Waals surface area contributed by atoms with Crippen molar-refractivity contribution in [1.29, 1.82) is 0 Å². The van der Waals surface area contributed by atoms with Crippen molar-refractivity contribution in [3.05, 3.63) is 23.8 Å². The van der Waals surface area contributed by atoms with Gasteiger partial charge in [0.2, 0.25) is 0 Å². The van der Waals surface area contributed by atoms with Crippen LogP contribution in [0.4, 0.5) is 0 Å². The van der Waals surface area contributed by atoms with Crippen LogP contribution < -0.4 is 9.47 Å². The molecule has 2 bridgehead atoms. The molecular weight excluding hydrogens is 646 g/mol. The fraction of sp³-hybridized carbons (Fsp3) is 0.789. The molecule has 4 aliphatic carbocycles. The molecule has 0 aliphatic heterocycles. The molecule has 0 amide bonds. The second kappa shape index (κ2) is 14.5. The predicted molar refractivity (Wildman–Crippen MR) is 184 cm³/mol. The molecule has 1 aromatic rings. The molecule has 282 valence electrons. The van der Waals surface area contributed by atoms with Crippen LogP contribution in [0.25, 0.3) is 0 Å². The molecule has 0 saturated heterocycles. The highest BCUT2D eigenvalue weighted by Gasteiger charge is 2.80. The molecule has 0 heterocycles. The first-order chi connectivity index (χ1) is 23.7. The van der Waals surface area contributed by atoms with Gasteiger partial charge in [0.05, 0.1) is 44.7 Å². The third-order valence-electron chi connectivity index (χ3n) is 13.3. The smallest absolute Gasteiger partial charge is 0.338 e. The largest absolute Gasteiger partial charge is 0.493 e. The highest BCUT2D eigenvalue weighted by Crippen LogP contribution is 2.72. The predicted octanol–water partition coefficient (Wildman–Crippen LogP) is 4.00. The number of hydrogen-bond donors (Lipinski definition) is 1. The van der Waals surface area contributed by atoms with Gasteiger partial charge in [0.1, 0.15) is 17.3 Å². The molecule has 4 saturated carbocycles. The molecule has 1 aromatic carbocycles. The van der Waals surface area contributed by atoms with Crippen molar-refractivity contribution in [1.82, 2.24) is 4.90 Å². The summed E-state index contributed by atoms with van der Waals surface area (Å²) in [7, 11) is 11.9. The topological polar surface area (TPSA) is 131 Å². The van der Waals surface area contributed by atoms with E-state index in [0.29, 0.717) is 18.1 Å². The highest BCUT2D eigenvalue weighted by molar-refractivity contribution is 5.90.